The maximum absolute atomic E-state index is 12.8. The van der Waals surface area contributed by atoms with Gasteiger partial charge in [-0.05, 0) is 36.8 Å². The number of hydrogen-bond donors (Lipinski definition) is 1. The molecule has 1 saturated carbocycles. The Balaban J connectivity index is 1.78. The van der Waals surface area contributed by atoms with Crippen LogP contribution in [0.1, 0.15) is 19.3 Å². The molecule has 0 amide bonds. The number of benzene rings is 1. The number of aliphatic hydroxyl groups excluding tert-OH is 1. The van der Waals surface area contributed by atoms with Gasteiger partial charge in [0.2, 0.25) is 0 Å². The van der Waals surface area contributed by atoms with Gasteiger partial charge in [0.25, 0.3) is 0 Å². The molecule has 15 heavy (non-hydrogen) atoms. The van der Waals surface area contributed by atoms with Gasteiger partial charge in [0.05, 0.1) is 6.61 Å². The van der Waals surface area contributed by atoms with Crippen LogP contribution in [-0.2, 0) is 0 Å². The van der Waals surface area contributed by atoms with E-state index in [2.05, 4.69) is 0 Å². The first-order valence-electron chi connectivity index (χ1n) is 5.23. The molecule has 3 heteroatoms. The first-order chi connectivity index (χ1) is 7.24. The van der Waals surface area contributed by atoms with Gasteiger partial charge in [-0.1, -0.05) is 6.07 Å². The average molecular weight is 210 g/mol. The lowest BCUT2D eigenvalue weighted by molar-refractivity contribution is 0.176. The molecule has 1 N–H and O–H groups in total. The number of ether oxygens (including phenoxy) is 1. The van der Waals surface area contributed by atoms with Crippen LogP contribution in [-0.4, -0.2) is 18.3 Å². The highest BCUT2D eigenvalue weighted by Gasteiger charge is 2.41. The molecule has 2 rings (SSSR count). The van der Waals surface area contributed by atoms with Crippen LogP contribution < -0.4 is 4.74 Å². The molecular formula is C12H15FO2. The smallest absolute Gasteiger partial charge is 0.126 e. The molecule has 0 radical (unpaired) electrons. The minimum Gasteiger partial charge on any atom is -0.493 e. The molecule has 0 saturated heterocycles. The zero-order valence-corrected chi connectivity index (χ0v) is 8.58. The van der Waals surface area contributed by atoms with Gasteiger partial charge in [0, 0.05) is 12.7 Å². The highest BCUT2D eigenvalue weighted by atomic mass is 19.1. The molecule has 0 aliphatic heterocycles. The number of aliphatic hydroxyl groups is 1. The maximum atomic E-state index is 12.8. The Bertz CT molecular complexity index is 334. The van der Waals surface area contributed by atoms with Crippen molar-refractivity contribution in [1.82, 2.24) is 0 Å². The molecule has 0 aromatic heterocycles. The Morgan fingerprint density at radius 1 is 1.40 bits per heavy atom. The van der Waals surface area contributed by atoms with Crippen LogP contribution in [0.5, 0.6) is 5.75 Å². The lowest BCUT2D eigenvalue weighted by atomic mass is 10.1. The predicted octanol–water partition coefficient (Wildman–Crippen LogP) is 2.37. The van der Waals surface area contributed by atoms with E-state index >= 15 is 0 Å². The SMILES string of the molecule is OCC1(CCOc2cccc(F)c2)CC1. The second-order valence-corrected chi connectivity index (χ2v) is 4.21. The van der Waals surface area contributed by atoms with Crippen LogP contribution in [0.3, 0.4) is 0 Å². The molecule has 1 aromatic rings. The molecule has 0 atom stereocenters. The van der Waals surface area contributed by atoms with Gasteiger partial charge in [-0.2, -0.15) is 0 Å². The monoisotopic (exact) mass is 210 g/mol. The van der Waals surface area contributed by atoms with E-state index in [4.69, 9.17) is 9.84 Å². The lowest BCUT2D eigenvalue weighted by Gasteiger charge is -2.12. The summed E-state index contributed by atoms with van der Waals surface area (Å²) in [6, 6.07) is 6.13. The van der Waals surface area contributed by atoms with E-state index in [-0.39, 0.29) is 17.8 Å². The van der Waals surface area contributed by atoms with E-state index in [0.717, 1.165) is 19.3 Å². The summed E-state index contributed by atoms with van der Waals surface area (Å²) >= 11 is 0. The standard InChI is InChI=1S/C12H15FO2/c13-10-2-1-3-11(8-10)15-7-6-12(9-14)4-5-12/h1-3,8,14H,4-7,9H2. The van der Waals surface area contributed by atoms with Gasteiger partial charge in [0.1, 0.15) is 11.6 Å². The zero-order chi connectivity index (χ0) is 10.7. The summed E-state index contributed by atoms with van der Waals surface area (Å²) in [5.74, 6) is 0.277. The van der Waals surface area contributed by atoms with Crippen LogP contribution in [0.2, 0.25) is 0 Å². The van der Waals surface area contributed by atoms with Gasteiger partial charge in [-0.15, -0.1) is 0 Å². The quantitative estimate of drug-likeness (QED) is 0.808. The summed E-state index contributed by atoms with van der Waals surface area (Å²) in [4.78, 5) is 0. The van der Waals surface area contributed by atoms with Crippen molar-refractivity contribution in [1.29, 1.82) is 0 Å². The highest BCUT2D eigenvalue weighted by molar-refractivity contribution is 5.22. The average Bonchev–Trinajstić information content (AvgIpc) is 2.99. The molecule has 2 nitrogen and oxygen atoms in total. The van der Waals surface area contributed by atoms with Gasteiger partial charge in [-0.3, -0.25) is 0 Å². The van der Waals surface area contributed by atoms with E-state index in [1.54, 1.807) is 12.1 Å². The third-order valence-corrected chi connectivity index (χ3v) is 2.99. The molecule has 0 bridgehead atoms. The van der Waals surface area contributed by atoms with Crippen LogP contribution in [0, 0.1) is 11.2 Å². The summed E-state index contributed by atoms with van der Waals surface area (Å²) in [6.45, 7) is 0.781. The third-order valence-electron chi connectivity index (χ3n) is 2.99. The van der Waals surface area contributed by atoms with Crippen molar-refractivity contribution in [3.63, 3.8) is 0 Å². The normalized spacial score (nSPS) is 17.5. The molecule has 82 valence electrons. The van der Waals surface area contributed by atoms with Gasteiger partial charge in [0.15, 0.2) is 0 Å². The second-order valence-electron chi connectivity index (χ2n) is 4.21. The number of hydrogen-bond acceptors (Lipinski definition) is 2. The molecule has 1 fully saturated rings. The Morgan fingerprint density at radius 3 is 2.80 bits per heavy atom. The van der Waals surface area contributed by atoms with E-state index in [1.807, 2.05) is 0 Å². The van der Waals surface area contributed by atoms with Crippen molar-refractivity contribution in [2.75, 3.05) is 13.2 Å². The maximum Gasteiger partial charge on any atom is 0.126 e. The lowest BCUT2D eigenvalue weighted by Crippen LogP contribution is -2.11. The molecule has 0 heterocycles. The Kier molecular flexibility index (Phi) is 2.91. The molecule has 1 aliphatic carbocycles. The molecule has 1 aromatic carbocycles. The number of rotatable bonds is 5. The van der Waals surface area contributed by atoms with Crippen molar-refractivity contribution < 1.29 is 14.2 Å². The molecule has 1 aliphatic rings. The summed E-state index contributed by atoms with van der Waals surface area (Å²) in [5.41, 5.74) is 0.104. The minimum atomic E-state index is -0.282. The molecule has 0 spiro atoms. The van der Waals surface area contributed by atoms with Gasteiger partial charge >= 0.3 is 0 Å². The van der Waals surface area contributed by atoms with Crippen molar-refractivity contribution in [2.45, 2.75) is 19.3 Å². The van der Waals surface area contributed by atoms with Crippen LogP contribution in [0.4, 0.5) is 4.39 Å². The largest absolute Gasteiger partial charge is 0.493 e. The van der Waals surface area contributed by atoms with Crippen molar-refractivity contribution in [3.8, 4) is 5.75 Å². The van der Waals surface area contributed by atoms with Crippen molar-refractivity contribution in [3.05, 3.63) is 30.1 Å². The van der Waals surface area contributed by atoms with Crippen molar-refractivity contribution >= 4 is 0 Å². The zero-order valence-electron chi connectivity index (χ0n) is 8.58. The van der Waals surface area contributed by atoms with Crippen LogP contribution in [0.15, 0.2) is 24.3 Å². The van der Waals surface area contributed by atoms with Crippen molar-refractivity contribution in [2.24, 2.45) is 5.41 Å². The molecular weight excluding hydrogens is 195 g/mol. The number of halogens is 1. The van der Waals surface area contributed by atoms with E-state index < -0.39 is 0 Å². The minimum absolute atomic E-state index is 0.104. The van der Waals surface area contributed by atoms with E-state index in [9.17, 15) is 4.39 Å². The van der Waals surface area contributed by atoms with E-state index in [1.165, 1.54) is 12.1 Å². The molecule has 0 unspecified atom stereocenters. The van der Waals surface area contributed by atoms with E-state index in [0.29, 0.717) is 12.4 Å². The summed E-state index contributed by atoms with van der Waals surface area (Å²) < 4.78 is 18.2. The summed E-state index contributed by atoms with van der Waals surface area (Å²) in [7, 11) is 0. The first-order valence-corrected chi connectivity index (χ1v) is 5.23. The fourth-order valence-electron chi connectivity index (χ4n) is 1.61. The fourth-order valence-corrected chi connectivity index (χ4v) is 1.61. The topological polar surface area (TPSA) is 29.5 Å². The summed E-state index contributed by atoms with van der Waals surface area (Å²) in [6.07, 6.45) is 3.01. The van der Waals surface area contributed by atoms with Gasteiger partial charge in [-0.25, -0.2) is 4.39 Å². The van der Waals surface area contributed by atoms with Gasteiger partial charge < -0.3 is 9.84 Å². The third kappa shape index (κ3) is 2.69. The summed E-state index contributed by atoms with van der Waals surface area (Å²) in [5, 5.41) is 9.08. The second kappa shape index (κ2) is 4.19. The highest BCUT2D eigenvalue weighted by Crippen LogP contribution is 2.48. The van der Waals surface area contributed by atoms with Crippen LogP contribution >= 0.6 is 0 Å². The van der Waals surface area contributed by atoms with Crippen LogP contribution in [0.25, 0.3) is 0 Å². The first kappa shape index (κ1) is 10.4. The Hall–Kier alpha value is -1.09. The predicted molar refractivity (Wildman–Crippen MR) is 55.3 cm³/mol. The Morgan fingerprint density at radius 2 is 2.20 bits per heavy atom. The fraction of sp³-hybridized carbons (Fsp3) is 0.500. The Labute approximate surface area is 88.7 Å².